The number of nitrogens with two attached hydrogens (primary N) is 1. The zero-order valence-electron chi connectivity index (χ0n) is 11.7. The van der Waals surface area contributed by atoms with Crippen LogP contribution in [0.2, 0.25) is 0 Å². The van der Waals surface area contributed by atoms with Crippen molar-refractivity contribution in [2.24, 2.45) is 11.7 Å². The van der Waals surface area contributed by atoms with Gasteiger partial charge in [0.2, 0.25) is 11.8 Å². The van der Waals surface area contributed by atoms with E-state index in [0.717, 1.165) is 19.3 Å². The van der Waals surface area contributed by atoms with E-state index in [1.165, 1.54) is 12.8 Å². The van der Waals surface area contributed by atoms with E-state index in [-0.39, 0.29) is 17.9 Å². The van der Waals surface area contributed by atoms with E-state index in [2.05, 4.69) is 5.32 Å². The summed E-state index contributed by atoms with van der Waals surface area (Å²) in [5, 5.41) is 2.78. The first kappa shape index (κ1) is 14.3. The number of nitrogens with one attached hydrogen (secondary N) is 1. The Bertz CT molecular complexity index is 346. The molecule has 5 nitrogen and oxygen atoms in total. The van der Waals surface area contributed by atoms with Crippen molar-refractivity contribution in [1.29, 1.82) is 0 Å². The summed E-state index contributed by atoms with van der Waals surface area (Å²) in [5.41, 5.74) is 5.97. The second-order valence-electron chi connectivity index (χ2n) is 5.89. The molecule has 0 spiro atoms. The predicted molar refractivity (Wildman–Crippen MR) is 73.4 cm³/mol. The molecule has 2 aliphatic rings. The van der Waals surface area contributed by atoms with Crippen LogP contribution in [-0.4, -0.2) is 41.9 Å². The number of piperazine rings is 1. The molecule has 1 saturated carbocycles. The Balaban J connectivity index is 1.78. The summed E-state index contributed by atoms with van der Waals surface area (Å²) in [6.45, 7) is 3.00. The van der Waals surface area contributed by atoms with Crippen molar-refractivity contribution in [3.63, 3.8) is 0 Å². The van der Waals surface area contributed by atoms with Crippen molar-refractivity contribution in [3.05, 3.63) is 0 Å². The molecule has 1 saturated heterocycles. The molecule has 0 aromatic carbocycles. The zero-order chi connectivity index (χ0) is 13.8. The minimum absolute atomic E-state index is 0.0423. The summed E-state index contributed by atoms with van der Waals surface area (Å²) in [6, 6.07) is -0.0107. The molecule has 5 heteroatoms. The smallest absolute Gasteiger partial charge is 0.242 e. The minimum Gasteiger partial charge on any atom is -0.353 e. The highest BCUT2D eigenvalue weighted by Crippen LogP contribution is 2.27. The van der Waals surface area contributed by atoms with Crippen molar-refractivity contribution in [2.45, 2.75) is 57.5 Å². The van der Waals surface area contributed by atoms with E-state index in [0.29, 0.717) is 31.5 Å². The molecule has 0 aromatic rings. The number of amides is 2. The van der Waals surface area contributed by atoms with E-state index >= 15 is 0 Å². The third-order valence-corrected chi connectivity index (χ3v) is 4.41. The van der Waals surface area contributed by atoms with Crippen LogP contribution in [0.5, 0.6) is 0 Å². The van der Waals surface area contributed by atoms with Gasteiger partial charge in [0.05, 0.1) is 0 Å². The number of hydrogen-bond acceptors (Lipinski definition) is 3. The fraction of sp³-hybridized carbons (Fsp3) is 0.857. The molecule has 1 heterocycles. The van der Waals surface area contributed by atoms with Gasteiger partial charge in [0, 0.05) is 25.6 Å². The van der Waals surface area contributed by atoms with Gasteiger partial charge in [-0.05, 0) is 32.1 Å². The molecule has 3 atom stereocenters. The molecule has 0 aromatic heterocycles. The lowest BCUT2D eigenvalue weighted by atomic mass is 9.83. The summed E-state index contributed by atoms with van der Waals surface area (Å²) in [4.78, 5) is 25.4. The molecule has 2 fully saturated rings. The number of carbonyl (C=O) groups is 2. The third-order valence-electron chi connectivity index (χ3n) is 4.41. The Kier molecular flexibility index (Phi) is 4.80. The Morgan fingerprint density at radius 3 is 3.00 bits per heavy atom. The first-order valence-corrected chi connectivity index (χ1v) is 7.40. The van der Waals surface area contributed by atoms with Crippen LogP contribution >= 0.6 is 0 Å². The lowest BCUT2D eigenvalue weighted by Crippen LogP contribution is -2.55. The van der Waals surface area contributed by atoms with Crippen LogP contribution in [-0.2, 0) is 9.59 Å². The molecule has 3 N–H and O–H groups in total. The monoisotopic (exact) mass is 267 g/mol. The Hall–Kier alpha value is -1.10. The van der Waals surface area contributed by atoms with Crippen LogP contribution in [0.15, 0.2) is 0 Å². The summed E-state index contributed by atoms with van der Waals surface area (Å²) in [7, 11) is 0. The van der Waals surface area contributed by atoms with E-state index in [1.807, 2.05) is 0 Å². The lowest BCUT2D eigenvalue weighted by Gasteiger charge is -2.33. The topological polar surface area (TPSA) is 75.4 Å². The van der Waals surface area contributed by atoms with Crippen LogP contribution in [0.1, 0.15) is 45.4 Å². The van der Waals surface area contributed by atoms with E-state index in [1.54, 1.807) is 11.8 Å². The fourth-order valence-electron chi connectivity index (χ4n) is 3.19. The Morgan fingerprint density at radius 1 is 1.47 bits per heavy atom. The maximum Gasteiger partial charge on any atom is 0.242 e. The minimum atomic E-state index is -0.324. The van der Waals surface area contributed by atoms with Crippen LogP contribution in [0, 0.1) is 5.92 Å². The van der Waals surface area contributed by atoms with Gasteiger partial charge < -0.3 is 16.0 Å². The van der Waals surface area contributed by atoms with Crippen molar-refractivity contribution in [3.8, 4) is 0 Å². The SMILES string of the molecule is CC1C(=O)NCCN1C(=O)CCC1CCCC(N)C1. The normalized spacial score (nSPS) is 32.0. The van der Waals surface area contributed by atoms with Gasteiger partial charge >= 0.3 is 0 Å². The van der Waals surface area contributed by atoms with Crippen molar-refractivity contribution in [1.82, 2.24) is 10.2 Å². The maximum atomic E-state index is 12.2. The third kappa shape index (κ3) is 3.69. The van der Waals surface area contributed by atoms with Gasteiger partial charge in [-0.25, -0.2) is 0 Å². The van der Waals surface area contributed by atoms with Gasteiger partial charge in [0.25, 0.3) is 0 Å². The summed E-state index contributed by atoms with van der Waals surface area (Å²) in [5.74, 6) is 0.655. The molecular formula is C14H25N3O2. The summed E-state index contributed by atoms with van der Waals surface area (Å²) < 4.78 is 0. The van der Waals surface area contributed by atoms with Gasteiger partial charge in [-0.2, -0.15) is 0 Å². The van der Waals surface area contributed by atoms with Crippen LogP contribution < -0.4 is 11.1 Å². The quantitative estimate of drug-likeness (QED) is 0.787. The standard InChI is InChI=1S/C14H25N3O2/c1-10-14(19)16-7-8-17(10)13(18)6-5-11-3-2-4-12(15)9-11/h10-12H,2-9,15H2,1H3,(H,16,19). The highest BCUT2D eigenvalue weighted by Gasteiger charge is 2.29. The number of hydrogen-bond donors (Lipinski definition) is 2. The number of nitrogens with zero attached hydrogens (tertiary/aromatic N) is 1. The number of rotatable bonds is 3. The Labute approximate surface area is 114 Å². The zero-order valence-corrected chi connectivity index (χ0v) is 11.7. The molecule has 0 bridgehead atoms. The lowest BCUT2D eigenvalue weighted by molar-refractivity contribution is -0.142. The van der Waals surface area contributed by atoms with Crippen LogP contribution in [0.4, 0.5) is 0 Å². The molecule has 0 radical (unpaired) electrons. The van der Waals surface area contributed by atoms with Crippen molar-refractivity contribution < 1.29 is 9.59 Å². The highest BCUT2D eigenvalue weighted by molar-refractivity contribution is 5.88. The van der Waals surface area contributed by atoms with Crippen molar-refractivity contribution in [2.75, 3.05) is 13.1 Å². The maximum absolute atomic E-state index is 12.2. The molecule has 3 unspecified atom stereocenters. The molecular weight excluding hydrogens is 242 g/mol. The second-order valence-corrected chi connectivity index (χ2v) is 5.89. The van der Waals surface area contributed by atoms with Gasteiger partial charge in [-0.3, -0.25) is 9.59 Å². The molecule has 2 amide bonds. The first-order chi connectivity index (χ1) is 9.08. The van der Waals surface area contributed by atoms with Gasteiger partial charge in [-0.15, -0.1) is 0 Å². The summed E-state index contributed by atoms with van der Waals surface area (Å²) in [6.07, 6.45) is 6.00. The van der Waals surface area contributed by atoms with E-state index in [9.17, 15) is 9.59 Å². The van der Waals surface area contributed by atoms with Crippen LogP contribution in [0.25, 0.3) is 0 Å². The number of carbonyl (C=O) groups excluding carboxylic acids is 2. The average Bonchev–Trinajstić information content (AvgIpc) is 2.39. The molecule has 19 heavy (non-hydrogen) atoms. The first-order valence-electron chi connectivity index (χ1n) is 7.40. The molecule has 108 valence electrons. The Morgan fingerprint density at radius 2 is 2.26 bits per heavy atom. The summed E-state index contributed by atoms with van der Waals surface area (Å²) >= 11 is 0. The van der Waals surface area contributed by atoms with E-state index < -0.39 is 0 Å². The molecule has 1 aliphatic carbocycles. The van der Waals surface area contributed by atoms with Crippen LogP contribution in [0.3, 0.4) is 0 Å². The van der Waals surface area contributed by atoms with E-state index in [4.69, 9.17) is 5.73 Å². The fourth-order valence-corrected chi connectivity index (χ4v) is 3.19. The van der Waals surface area contributed by atoms with Crippen molar-refractivity contribution >= 4 is 11.8 Å². The second kappa shape index (κ2) is 6.37. The molecule has 2 rings (SSSR count). The predicted octanol–water partition coefficient (Wildman–Crippen LogP) is 0.631. The average molecular weight is 267 g/mol. The largest absolute Gasteiger partial charge is 0.353 e. The highest BCUT2D eigenvalue weighted by atomic mass is 16.2. The van der Waals surface area contributed by atoms with Gasteiger partial charge in [0.1, 0.15) is 6.04 Å². The molecule has 1 aliphatic heterocycles. The van der Waals surface area contributed by atoms with Gasteiger partial charge in [0.15, 0.2) is 0 Å². The van der Waals surface area contributed by atoms with Gasteiger partial charge in [-0.1, -0.05) is 12.8 Å².